The first-order chi connectivity index (χ1) is 15.2. The maximum absolute atomic E-state index is 12.9. The minimum atomic E-state index is -4.48. The van der Waals surface area contributed by atoms with E-state index in [0.717, 1.165) is 17.0 Å². The van der Waals surface area contributed by atoms with E-state index in [4.69, 9.17) is 9.15 Å². The number of halogens is 3. The van der Waals surface area contributed by atoms with Gasteiger partial charge in [-0.25, -0.2) is 0 Å². The third-order valence-corrected chi connectivity index (χ3v) is 5.81. The first kappa shape index (κ1) is 22.2. The van der Waals surface area contributed by atoms with Crippen LogP contribution in [0.3, 0.4) is 0 Å². The van der Waals surface area contributed by atoms with Crippen molar-refractivity contribution in [2.24, 2.45) is 0 Å². The van der Waals surface area contributed by atoms with E-state index in [-0.39, 0.29) is 34.4 Å². The molecule has 2 saturated heterocycles. The zero-order valence-electron chi connectivity index (χ0n) is 16.6. The van der Waals surface area contributed by atoms with Gasteiger partial charge in [-0.3, -0.25) is 19.3 Å². The fourth-order valence-electron chi connectivity index (χ4n) is 3.25. The first-order valence-corrected chi connectivity index (χ1v) is 10.4. The summed E-state index contributed by atoms with van der Waals surface area (Å²) in [6.07, 6.45) is -3.15. The molecular formula is C21H17F3N2O5S. The minimum absolute atomic E-state index is 0.0646. The van der Waals surface area contributed by atoms with Gasteiger partial charge in [-0.05, 0) is 36.0 Å². The molecule has 0 spiro atoms. The van der Waals surface area contributed by atoms with Crippen molar-refractivity contribution in [2.45, 2.75) is 6.18 Å². The van der Waals surface area contributed by atoms with Gasteiger partial charge in [0, 0.05) is 24.7 Å². The van der Waals surface area contributed by atoms with Gasteiger partial charge in [-0.1, -0.05) is 12.1 Å². The molecular weight excluding hydrogens is 449 g/mol. The second kappa shape index (κ2) is 8.83. The lowest BCUT2D eigenvalue weighted by molar-refractivity contribution is -0.139. The Morgan fingerprint density at radius 1 is 1.12 bits per heavy atom. The molecule has 11 heteroatoms. The predicted molar refractivity (Wildman–Crippen MR) is 109 cm³/mol. The van der Waals surface area contributed by atoms with Gasteiger partial charge in [0.25, 0.3) is 11.1 Å². The molecule has 4 rings (SSSR count). The molecule has 0 bridgehead atoms. The molecule has 1 aromatic heterocycles. The molecule has 3 heterocycles. The number of alkyl halides is 3. The number of furan rings is 1. The molecule has 32 heavy (non-hydrogen) atoms. The lowest BCUT2D eigenvalue weighted by Gasteiger charge is -2.27. The van der Waals surface area contributed by atoms with Crippen molar-refractivity contribution in [1.29, 1.82) is 0 Å². The Bertz CT molecular complexity index is 1090. The van der Waals surface area contributed by atoms with Gasteiger partial charge in [0.15, 0.2) is 0 Å². The number of rotatable bonds is 4. The molecule has 7 nitrogen and oxygen atoms in total. The largest absolute Gasteiger partial charge is 0.457 e. The molecule has 2 fully saturated rings. The molecule has 168 valence electrons. The summed E-state index contributed by atoms with van der Waals surface area (Å²) in [5.74, 6) is -0.591. The number of hydrogen-bond donors (Lipinski definition) is 0. The van der Waals surface area contributed by atoms with Crippen molar-refractivity contribution < 1.29 is 36.7 Å². The second-order valence-corrected chi connectivity index (χ2v) is 8.03. The Labute approximate surface area is 184 Å². The van der Waals surface area contributed by atoms with Crippen molar-refractivity contribution in [3.8, 4) is 11.3 Å². The van der Waals surface area contributed by atoms with Crippen LogP contribution in [0.4, 0.5) is 18.0 Å². The highest BCUT2D eigenvalue weighted by atomic mass is 32.2. The number of nitrogens with zero attached hydrogens (tertiary/aromatic N) is 2. The summed E-state index contributed by atoms with van der Waals surface area (Å²) in [4.78, 5) is 39.7. The molecule has 2 aliphatic heterocycles. The number of imide groups is 1. The minimum Gasteiger partial charge on any atom is -0.457 e. The molecule has 3 amide bonds. The lowest BCUT2D eigenvalue weighted by atomic mass is 10.1. The number of ether oxygens (including phenoxy) is 1. The number of amides is 3. The van der Waals surface area contributed by atoms with Crippen LogP contribution in [-0.2, 0) is 20.5 Å². The Hall–Kier alpha value is -3.05. The van der Waals surface area contributed by atoms with E-state index in [1.165, 1.54) is 35.2 Å². The summed E-state index contributed by atoms with van der Waals surface area (Å²) >= 11 is 0.671. The molecule has 0 N–H and O–H groups in total. The van der Waals surface area contributed by atoms with Crippen molar-refractivity contribution in [2.75, 3.05) is 32.8 Å². The number of morpholine rings is 1. The molecule has 1 aromatic carbocycles. The first-order valence-electron chi connectivity index (χ1n) is 9.61. The number of carbonyl (C=O) groups excluding carboxylic acids is 3. The van der Waals surface area contributed by atoms with Crippen LogP contribution in [0.25, 0.3) is 17.4 Å². The summed E-state index contributed by atoms with van der Waals surface area (Å²) < 4.78 is 49.6. The fraction of sp³-hybridized carbons (Fsp3) is 0.286. The quantitative estimate of drug-likeness (QED) is 0.637. The molecule has 0 atom stereocenters. The van der Waals surface area contributed by atoms with Gasteiger partial charge < -0.3 is 14.1 Å². The van der Waals surface area contributed by atoms with E-state index in [1.807, 2.05) is 0 Å². The van der Waals surface area contributed by atoms with Crippen LogP contribution in [0.15, 0.2) is 45.7 Å². The standard InChI is InChI=1S/C21H17F3N2O5S/c22-21(23,24)14-3-1-2-13(10-14)16-5-4-15(31-16)11-17-19(28)26(20(29)32-17)12-18(27)25-6-8-30-9-7-25/h1-5,10-11H,6-9,12H2. The predicted octanol–water partition coefficient (Wildman–Crippen LogP) is 3.86. The Morgan fingerprint density at radius 3 is 2.59 bits per heavy atom. The smallest absolute Gasteiger partial charge is 0.416 e. The van der Waals surface area contributed by atoms with Crippen LogP contribution in [-0.4, -0.2) is 59.7 Å². The zero-order valence-corrected chi connectivity index (χ0v) is 17.4. The van der Waals surface area contributed by atoms with Crippen LogP contribution in [0.2, 0.25) is 0 Å². The van der Waals surface area contributed by atoms with Crippen LogP contribution in [0.1, 0.15) is 11.3 Å². The average Bonchev–Trinajstić information content (AvgIpc) is 3.34. The summed E-state index contributed by atoms with van der Waals surface area (Å²) in [7, 11) is 0. The van der Waals surface area contributed by atoms with Crippen molar-refractivity contribution in [1.82, 2.24) is 9.80 Å². The summed E-state index contributed by atoms with van der Waals surface area (Å²) in [5, 5.41) is -0.576. The normalized spacial score (nSPS) is 18.7. The topological polar surface area (TPSA) is 80.1 Å². The lowest BCUT2D eigenvalue weighted by Crippen LogP contribution is -2.46. The molecule has 0 unspecified atom stereocenters. The molecule has 2 aromatic rings. The molecule has 0 aliphatic carbocycles. The highest BCUT2D eigenvalue weighted by molar-refractivity contribution is 8.18. The van der Waals surface area contributed by atoms with Crippen molar-refractivity contribution >= 4 is 34.9 Å². The van der Waals surface area contributed by atoms with Crippen LogP contribution in [0, 0.1) is 0 Å². The van der Waals surface area contributed by atoms with Gasteiger partial charge in [-0.2, -0.15) is 13.2 Å². The SMILES string of the molecule is O=C(CN1C(=O)SC(=Cc2ccc(-c3cccc(C(F)(F)F)c3)o2)C1=O)N1CCOCC1. The number of benzene rings is 1. The van der Waals surface area contributed by atoms with Crippen LogP contribution < -0.4 is 0 Å². The number of hydrogen-bond acceptors (Lipinski definition) is 6. The third-order valence-electron chi connectivity index (χ3n) is 4.91. The van der Waals surface area contributed by atoms with E-state index < -0.39 is 22.9 Å². The van der Waals surface area contributed by atoms with E-state index in [0.29, 0.717) is 38.1 Å². The van der Waals surface area contributed by atoms with Crippen molar-refractivity contribution in [3.05, 3.63) is 52.6 Å². The Kier molecular flexibility index (Phi) is 6.11. The zero-order chi connectivity index (χ0) is 22.9. The fourth-order valence-corrected chi connectivity index (χ4v) is 4.07. The van der Waals surface area contributed by atoms with Gasteiger partial charge >= 0.3 is 6.18 Å². The Balaban J connectivity index is 1.48. The molecule has 2 aliphatic rings. The maximum atomic E-state index is 12.9. The molecule has 0 saturated carbocycles. The highest BCUT2D eigenvalue weighted by Crippen LogP contribution is 2.35. The van der Waals surface area contributed by atoms with E-state index in [1.54, 1.807) is 0 Å². The monoisotopic (exact) mass is 466 g/mol. The summed E-state index contributed by atoms with van der Waals surface area (Å²) in [6.45, 7) is 1.24. The number of thioether (sulfide) groups is 1. The average molecular weight is 466 g/mol. The van der Waals surface area contributed by atoms with Gasteiger partial charge in [0.2, 0.25) is 5.91 Å². The third kappa shape index (κ3) is 4.73. The van der Waals surface area contributed by atoms with Crippen LogP contribution in [0.5, 0.6) is 0 Å². The molecule has 0 radical (unpaired) electrons. The van der Waals surface area contributed by atoms with Crippen LogP contribution >= 0.6 is 11.8 Å². The van der Waals surface area contributed by atoms with Gasteiger partial charge in [-0.15, -0.1) is 0 Å². The van der Waals surface area contributed by atoms with E-state index in [2.05, 4.69) is 0 Å². The number of carbonyl (C=O) groups is 3. The van der Waals surface area contributed by atoms with E-state index in [9.17, 15) is 27.6 Å². The highest BCUT2D eigenvalue weighted by Gasteiger charge is 2.37. The summed E-state index contributed by atoms with van der Waals surface area (Å²) in [6, 6.07) is 7.64. The second-order valence-electron chi connectivity index (χ2n) is 7.04. The van der Waals surface area contributed by atoms with Gasteiger partial charge in [0.1, 0.15) is 18.1 Å². The van der Waals surface area contributed by atoms with Crippen molar-refractivity contribution in [3.63, 3.8) is 0 Å². The van der Waals surface area contributed by atoms with E-state index >= 15 is 0 Å². The van der Waals surface area contributed by atoms with Gasteiger partial charge in [0.05, 0.1) is 23.7 Å². The Morgan fingerprint density at radius 2 is 1.88 bits per heavy atom. The maximum Gasteiger partial charge on any atom is 0.416 e. The summed E-state index contributed by atoms with van der Waals surface area (Å²) in [5.41, 5.74) is -0.581.